The zero-order chi connectivity index (χ0) is 26.4. The van der Waals surface area contributed by atoms with Crippen LogP contribution in [-0.2, 0) is 19.0 Å². The lowest BCUT2D eigenvalue weighted by Crippen LogP contribution is -2.25. The molecule has 0 fully saturated rings. The van der Waals surface area contributed by atoms with Gasteiger partial charge in [0.15, 0.2) is 0 Å². The summed E-state index contributed by atoms with van der Waals surface area (Å²) in [5, 5.41) is 2.95. The Morgan fingerprint density at radius 3 is 2.14 bits per heavy atom. The van der Waals surface area contributed by atoms with E-state index >= 15 is 0 Å². The third-order valence-corrected chi connectivity index (χ3v) is 6.92. The summed E-state index contributed by atoms with van der Waals surface area (Å²) in [5.41, 5.74) is 11.0. The van der Waals surface area contributed by atoms with Crippen LogP contribution in [0.4, 0.5) is 13.2 Å². The topological polar surface area (TPSA) is 55.1 Å². The van der Waals surface area contributed by atoms with Crippen LogP contribution in [0.15, 0.2) is 102 Å². The van der Waals surface area contributed by atoms with E-state index in [1.807, 2.05) is 24.3 Å². The monoisotopic (exact) mass is 566 g/mol. The Balaban J connectivity index is 1.30. The van der Waals surface area contributed by atoms with Crippen LogP contribution in [0.1, 0.15) is 38.7 Å². The van der Waals surface area contributed by atoms with Crippen molar-refractivity contribution in [2.75, 3.05) is 6.54 Å². The van der Waals surface area contributed by atoms with Gasteiger partial charge in [-0.25, -0.2) is 0 Å². The van der Waals surface area contributed by atoms with Gasteiger partial charge < -0.3 is 11.1 Å². The Kier molecular flexibility index (Phi) is 8.46. The normalized spacial score (nSPS) is 12.2. The molecule has 3 N–H and O–H groups in total. The number of nitrogens with two attached hydrogens (primary N) is 1. The molecule has 0 saturated heterocycles. The van der Waals surface area contributed by atoms with Crippen molar-refractivity contribution in [2.24, 2.45) is 5.73 Å². The van der Waals surface area contributed by atoms with Gasteiger partial charge in [-0.2, -0.15) is 13.2 Å². The maximum absolute atomic E-state index is 12.8. The molecule has 0 aliphatic rings. The molecule has 4 aromatic rings. The average molecular weight is 567 g/mol. The molecule has 37 heavy (non-hydrogen) atoms. The average Bonchev–Trinajstić information content (AvgIpc) is 2.90. The Hall–Kier alpha value is -3.42. The van der Waals surface area contributed by atoms with E-state index in [1.54, 1.807) is 12.1 Å². The Morgan fingerprint density at radius 2 is 1.51 bits per heavy atom. The van der Waals surface area contributed by atoms with Crippen LogP contribution in [0, 0.1) is 0 Å². The number of carbonyl (C=O) groups is 1. The maximum atomic E-state index is 12.8. The van der Waals surface area contributed by atoms with Crippen LogP contribution in [0.3, 0.4) is 0 Å². The van der Waals surface area contributed by atoms with Crippen molar-refractivity contribution in [3.63, 3.8) is 0 Å². The lowest BCUT2D eigenvalue weighted by atomic mass is 9.98. The van der Waals surface area contributed by atoms with Gasteiger partial charge in [0.25, 0.3) is 5.91 Å². The van der Waals surface area contributed by atoms with E-state index in [1.165, 1.54) is 12.1 Å². The van der Waals surface area contributed by atoms with Crippen molar-refractivity contribution in [3.05, 3.63) is 129 Å². The number of halogens is 4. The van der Waals surface area contributed by atoms with Crippen LogP contribution in [0.2, 0.25) is 0 Å². The standard InChI is InChI=1S/C30H26BrF3N2O/c31-27-18-25(11-10-24(27)19-28(35)23-12-14-26(15-13-23)30(32,33)34)29(37)36-17-16-20-6-8-22(9-7-20)21-4-2-1-3-5-21/h1-15,18,28H,16-17,19,35H2,(H,36,37). The molecule has 3 nitrogen and oxygen atoms in total. The minimum Gasteiger partial charge on any atom is -0.352 e. The molecule has 190 valence electrons. The smallest absolute Gasteiger partial charge is 0.352 e. The van der Waals surface area contributed by atoms with E-state index in [0.717, 1.165) is 38.9 Å². The number of nitrogens with one attached hydrogen (secondary N) is 1. The van der Waals surface area contributed by atoms with Crippen molar-refractivity contribution in [2.45, 2.75) is 25.1 Å². The van der Waals surface area contributed by atoms with E-state index in [9.17, 15) is 18.0 Å². The fraction of sp³-hybridized carbons (Fsp3) is 0.167. The molecule has 0 aromatic heterocycles. The number of amides is 1. The summed E-state index contributed by atoms with van der Waals surface area (Å²) in [6.45, 7) is 0.502. The molecule has 4 rings (SSSR count). The maximum Gasteiger partial charge on any atom is 0.416 e. The predicted molar refractivity (Wildman–Crippen MR) is 144 cm³/mol. The van der Waals surface area contributed by atoms with Crippen molar-refractivity contribution >= 4 is 21.8 Å². The van der Waals surface area contributed by atoms with Crippen LogP contribution in [-0.4, -0.2) is 12.5 Å². The van der Waals surface area contributed by atoms with E-state index in [4.69, 9.17) is 5.73 Å². The van der Waals surface area contributed by atoms with Crippen LogP contribution in [0.25, 0.3) is 11.1 Å². The molecule has 0 saturated carbocycles. The van der Waals surface area contributed by atoms with Gasteiger partial charge in [-0.05, 0) is 64.9 Å². The van der Waals surface area contributed by atoms with Gasteiger partial charge in [-0.1, -0.05) is 88.7 Å². The van der Waals surface area contributed by atoms with Gasteiger partial charge >= 0.3 is 6.18 Å². The SMILES string of the molecule is NC(Cc1ccc(C(=O)NCCc2ccc(-c3ccccc3)cc2)cc1Br)c1ccc(C(F)(F)F)cc1. The third kappa shape index (κ3) is 7.08. The molecule has 1 atom stereocenters. The van der Waals surface area contributed by atoms with Gasteiger partial charge in [0, 0.05) is 22.6 Å². The molecule has 0 bridgehead atoms. The molecular formula is C30H26BrF3N2O. The first-order chi connectivity index (χ1) is 17.7. The summed E-state index contributed by atoms with van der Waals surface area (Å²) in [5.74, 6) is -0.180. The van der Waals surface area contributed by atoms with Crippen molar-refractivity contribution in [1.29, 1.82) is 0 Å². The van der Waals surface area contributed by atoms with Gasteiger partial charge in [0.05, 0.1) is 5.56 Å². The zero-order valence-corrected chi connectivity index (χ0v) is 21.5. The lowest BCUT2D eigenvalue weighted by Gasteiger charge is -2.15. The number of rotatable bonds is 8. The second kappa shape index (κ2) is 11.8. The minimum atomic E-state index is -4.38. The van der Waals surface area contributed by atoms with Crippen molar-refractivity contribution < 1.29 is 18.0 Å². The fourth-order valence-electron chi connectivity index (χ4n) is 4.05. The molecular weight excluding hydrogens is 541 g/mol. The van der Waals surface area contributed by atoms with E-state index in [0.29, 0.717) is 30.5 Å². The first-order valence-electron chi connectivity index (χ1n) is 11.8. The summed E-state index contributed by atoms with van der Waals surface area (Å²) >= 11 is 3.50. The Labute approximate surface area is 222 Å². The van der Waals surface area contributed by atoms with E-state index < -0.39 is 17.8 Å². The van der Waals surface area contributed by atoms with Gasteiger partial charge in [0.1, 0.15) is 0 Å². The number of alkyl halides is 3. The zero-order valence-electron chi connectivity index (χ0n) is 19.9. The molecule has 1 amide bonds. The van der Waals surface area contributed by atoms with Crippen LogP contribution >= 0.6 is 15.9 Å². The molecule has 4 aromatic carbocycles. The Morgan fingerprint density at radius 1 is 0.865 bits per heavy atom. The Bertz CT molecular complexity index is 1340. The highest BCUT2D eigenvalue weighted by Gasteiger charge is 2.30. The van der Waals surface area contributed by atoms with Crippen molar-refractivity contribution in [1.82, 2.24) is 5.32 Å². The van der Waals surface area contributed by atoms with Gasteiger partial charge in [-0.15, -0.1) is 0 Å². The summed E-state index contributed by atoms with van der Waals surface area (Å²) in [6, 6.07) is 28.1. The third-order valence-electron chi connectivity index (χ3n) is 6.18. The molecule has 0 heterocycles. The summed E-state index contributed by atoms with van der Waals surface area (Å²) in [4.78, 5) is 12.6. The molecule has 0 aliphatic heterocycles. The first kappa shape index (κ1) is 26.6. The van der Waals surface area contributed by atoms with Crippen LogP contribution < -0.4 is 11.1 Å². The number of carbonyl (C=O) groups excluding carboxylic acids is 1. The van der Waals surface area contributed by atoms with Crippen molar-refractivity contribution in [3.8, 4) is 11.1 Å². The molecule has 7 heteroatoms. The highest BCUT2D eigenvalue weighted by atomic mass is 79.9. The summed E-state index contributed by atoms with van der Waals surface area (Å²) in [6.07, 6.45) is -3.26. The second-order valence-electron chi connectivity index (χ2n) is 8.81. The summed E-state index contributed by atoms with van der Waals surface area (Å²) in [7, 11) is 0. The number of hydrogen-bond acceptors (Lipinski definition) is 2. The first-order valence-corrected chi connectivity index (χ1v) is 12.6. The van der Waals surface area contributed by atoms with E-state index in [2.05, 4.69) is 57.6 Å². The van der Waals surface area contributed by atoms with Gasteiger partial charge in [0.2, 0.25) is 0 Å². The highest BCUT2D eigenvalue weighted by Crippen LogP contribution is 2.30. The number of benzene rings is 4. The molecule has 0 spiro atoms. The minimum absolute atomic E-state index is 0.180. The number of hydrogen-bond donors (Lipinski definition) is 2. The van der Waals surface area contributed by atoms with Gasteiger partial charge in [-0.3, -0.25) is 4.79 Å². The molecule has 1 unspecified atom stereocenters. The molecule has 0 radical (unpaired) electrons. The predicted octanol–water partition coefficient (Wildman–Crippen LogP) is 7.35. The van der Waals surface area contributed by atoms with Crippen LogP contribution in [0.5, 0.6) is 0 Å². The second-order valence-corrected chi connectivity index (χ2v) is 9.66. The van der Waals surface area contributed by atoms with E-state index in [-0.39, 0.29) is 5.91 Å². The fourth-order valence-corrected chi connectivity index (χ4v) is 4.59. The quantitative estimate of drug-likeness (QED) is 0.234. The molecule has 0 aliphatic carbocycles. The highest BCUT2D eigenvalue weighted by molar-refractivity contribution is 9.10. The lowest BCUT2D eigenvalue weighted by molar-refractivity contribution is -0.137. The largest absolute Gasteiger partial charge is 0.416 e. The summed E-state index contributed by atoms with van der Waals surface area (Å²) < 4.78 is 39.1.